The Morgan fingerprint density at radius 1 is 1.44 bits per heavy atom. The third-order valence-corrected chi connectivity index (χ3v) is 3.17. The van der Waals surface area contributed by atoms with Gasteiger partial charge in [0.15, 0.2) is 0 Å². The molecule has 3 rings (SSSR count). The summed E-state index contributed by atoms with van der Waals surface area (Å²) in [7, 11) is 0. The number of hydrogen-bond donors (Lipinski definition) is 1. The molecule has 0 bridgehead atoms. The molecule has 2 aromatic heterocycles. The molecule has 0 saturated carbocycles. The number of hydrogen-bond acceptors (Lipinski definition) is 3. The van der Waals surface area contributed by atoms with Crippen LogP contribution in [0.1, 0.15) is 36.7 Å². The molecule has 1 unspecified atom stereocenters. The molecule has 4 heteroatoms. The van der Waals surface area contributed by atoms with Gasteiger partial charge in [0, 0.05) is 18.0 Å². The van der Waals surface area contributed by atoms with Crippen molar-refractivity contribution in [3.05, 3.63) is 30.0 Å². The molecular weight excluding hydrogens is 200 g/mol. The van der Waals surface area contributed by atoms with Crippen molar-refractivity contribution in [3.8, 4) is 0 Å². The van der Waals surface area contributed by atoms with Crippen LogP contribution >= 0.6 is 0 Å². The molecule has 1 fully saturated rings. The third-order valence-electron chi connectivity index (χ3n) is 3.17. The smallest absolute Gasteiger partial charge is 0.140 e. The predicted octanol–water partition coefficient (Wildman–Crippen LogP) is 1.85. The first-order chi connectivity index (χ1) is 7.83. The van der Waals surface area contributed by atoms with E-state index in [9.17, 15) is 0 Å². The second-order valence-corrected chi connectivity index (χ2v) is 4.46. The minimum Gasteiger partial charge on any atom is -0.309 e. The van der Waals surface area contributed by atoms with Crippen molar-refractivity contribution in [2.75, 3.05) is 6.54 Å². The molecule has 84 valence electrons. The van der Waals surface area contributed by atoms with Crippen LogP contribution in [0, 0.1) is 6.92 Å². The van der Waals surface area contributed by atoms with Crippen LogP contribution < -0.4 is 5.32 Å². The molecule has 1 atom stereocenters. The van der Waals surface area contributed by atoms with Crippen molar-refractivity contribution in [1.29, 1.82) is 0 Å². The standard InChI is InChI=1S/C12H16N4/c1-9-6-12-15-11(7-16(12)8-14-9)10-4-2-3-5-13-10/h6-8,10,13H,2-5H2,1H3. The summed E-state index contributed by atoms with van der Waals surface area (Å²) >= 11 is 0. The first-order valence-corrected chi connectivity index (χ1v) is 5.87. The van der Waals surface area contributed by atoms with E-state index in [1.165, 1.54) is 19.3 Å². The van der Waals surface area contributed by atoms with E-state index in [1.807, 2.05) is 23.7 Å². The van der Waals surface area contributed by atoms with Crippen molar-refractivity contribution < 1.29 is 0 Å². The molecule has 0 amide bonds. The minimum absolute atomic E-state index is 0.425. The van der Waals surface area contributed by atoms with Gasteiger partial charge in [0.1, 0.15) is 12.0 Å². The van der Waals surface area contributed by atoms with Gasteiger partial charge in [-0.25, -0.2) is 9.97 Å². The number of piperidine rings is 1. The molecule has 0 radical (unpaired) electrons. The number of imidazole rings is 1. The molecule has 3 heterocycles. The van der Waals surface area contributed by atoms with Crippen LogP contribution in [0.15, 0.2) is 18.6 Å². The molecule has 2 aromatic rings. The van der Waals surface area contributed by atoms with Crippen molar-refractivity contribution in [2.45, 2.75) is 32.2 Å². The van der Waals surface area contributed by atoms with E-state index < -0.39 is 0 Å². The lowest BCUT2D eigenvalue weighted by atomic mass is 10.0. The third kappa shape index (κ3) is 1.69. The molecule has 4 nitrogen and oxygen atoms in total. The van der Waals surface area contributed by atoms with Gasteiger partial charge >= 0.3 is 0 Å². The van der Waals surface area contributed by atoms with E-state index in [2.05, 4.69) is 21.5 Å². The van der Waals surface area contributed by atoms with E-state index in [4.69, 9.17) is 0 Å². The number of aryl methyl sites for hydroxylation is 1. The lowest BCUT2D eigenvalue weighted by molar-refractivity contribution is 0.406. The summed E-state index contributed by atoms with van der Waals surface area (Å²) < 4.78 is 2.00. The number of nitrogens with zero attached hydrogens (tertiary/aromatic N) is 3. The monoisotopic (exact) mass is 216 g/mol. The van der Waals surface area contributed by atoms with Crippen molar-refractivity contribution in [3.63, 3.8) is 0 Å². The van der Waals surface area contributed by atoms with Gasteiger partial charge < -0.3 is 5.32 Å². The number of nitrogens with one attached hydrogen (secondary N) is 1. The zero-order chi connectivity index (χ0) is 11.0. The lowest BCUT2D eigenvalue weighted by Gasteiger charge is -2.21. The maximum absolute atomic E-state index is 4.66. The predicted molar refractivity (Wildman–Crippen MR) is 62.3 cm³/mol. The summed E-state index contributed by atoms with van der Waals surface area (Å²) in [6.07, 6.45) is 7.69. The summed E-state index contributed by atoms with van der Waals surface area (Å²) in [6, 6.07) is 2.45. The Balaban J connectivity index is 1.97. The Morgan fingerprint density at radius 2 is 2.38 bits per heavy atom. The van der Waals surface area contributed by atoms with E-state index >= 15 is 0 Å². The van der Waals surface area contributed by atoms with Gasteiger partial charge in [-0.05, 0) is 26.3 Å². The fraction of sp³-hybridized carbons (Fsp3) is 0.500. The Morgan fingerprint density at radius 3 is 3.19 bits per heavy atom. The quantitative estimate of drug-likeness (QED) is 0.791. The van der Waals surface area contributed by atoms with Gasteiger partial charge in [0.25, 0.3) is 0 Å². The summed E-state index contributed by atoms with van der Waals surface area (Å²) in [5, 5.41) is 3.51. The number of fused-ring (bicyclic) bond motifs is 1. The Hall–Kier alpha value is -1.42. The summed E-state index contributed by atoms with van der Waals surface area (Å²) in [5.74, 6) is 0. The van der Waals surface area contributed by atoms with Gasteiger partial charge in [0.2, 0.25) is 0 Å². The molecule has 1 N–H and O–H groups in total. The molecular formula is C12H16N4. The highest BCUT2D eigenvalue weighted by molar-refractivity contribution is 5.40. The van der Waals surface area contributed by atoms with Crippen LogP contribution in [-0.4, -0.2) is 20.9 Å². The average molecular weight is 216 g/mol. The summed E-state index contributed by atoms with van der Waals surface area (Å²) in [6.45, 7) is 3.10. The zero-order valence-corrected chi connectivity index (χ0v) is 9.48. The molecule has 0 aromatic carbocycles. The van der Waals surface area contributed by atoms with Crippen LogP contribution in [0.3, 0.4) is 0 Å². The largest absolute Gasteiger partial charge is 0.309 e. The second kappa shape index (κ2) is 3.87. The molecule has 0 aliphatic carbocycles. The van der Waals surface area contributed by atoms with Crippen molar-refractivity contribution in [2.24, 2.45) is 0 Å². The Labute approximate surface area is 94.7 Å². The molecule has 0 spiro atoms. The van der Waals surface area contributed by atoms with Gasteiger partial charge in [-0.15, -0.1) is 0 Å². The van der Waals surface area contributed by atoms with Crippen LogP contribution in [0.25, 0.3) is 5.65 Å². The van der Waals surface area contributed by atoms with Crippen molar-refractivity contribution >= 4 is 5.65 Å². The molecule has 1 saturated heterocycles. The maximum Gasteiger partial charge on any atom is 0.140 e. The fourth-order valence-electron chi connectivity index (χ4n) is 2.28. The van der Waals surface area contributed by atoms with Crippen LogP contribution in [-0.2, 0) is 0 Å². The summed E-state index contributed by atoms with van der Waals surface area (Å²) in [5.41, 5.74) is 3.16. The van der Waals surface area contributed by atoms with Gasteiger partial charge in [-0.1, -0.05) is 6.42 Å². The van der Waals surface area contributed by atoms with Crippen LogP contribution in [0.4, 0.5) is 0 Å². The van der Waals surface area contributed by atoms with E-state index in [0.717, 1.165) is 23.6 Å². The topological polar surface area (TPSA) is 42.2 Å². The van der Waals surface area contributed by atoms with E-state index in [0.29, 0.717) is 6.04 Å². The van der Waals surface area contributed by atoms with Crippen LogP contribution in [0.2, 0.25) is 0 Å². The zero-order valence-electron chi connectivity index (χ0n) is 9.48. The van der Waals surface area contributed by atoms with E-state index in [-0.39, 0.29) is 0 Å². The lowest BCUT2D eigenvalue weighted by Crippen LogP contribution is -2.26. The first-order valence-electron chi connectivity index (χ1n) is 5.87. The average Bonchev–Trinajstić information content (AvgIpc) is 2.73. The highest BCUT2D eigenvalue weighted by Gasteiger charge is 2.17. The summed E-state index contributed by atoms with van der Waals surface area (Å²) in [4.78, 5) is 8.93. The first kappa shape index (κ1) is 9.78. The second-order valence-electron chi connectivity index (χ2n) is 4.46. The van der Waals surface area contributed by atoms with Crippen molar-refractivity contribution in [1.82, 2.24) is 19.7 Å². The van der Waals surface area contributed by atoms with Gasteiger partial charge in [0.05, 0.1) is 11.7 Å². The Bertz CT molecular complexity index is 497. The maximum atomic E-state index is 4.66. The molecule has 1 aliphatic rings. The SMILES string of the molecule is Cc1cc2nc(C3CCCCN3)cn2cn1. The number of aromatic nitrogens is 3. The molecule has 16 heavy (non-hydrogen) atoms. The van der Waals surface area contributed by atoms with Gasteiger partial charge in [-0.3, -0.25) is 4.40 Å². The Kier molecular flexibility index (Phi) is 2.36. The highest BCUT2D eigenvalue weighted by Crippen LogP contribution is 2.22. The fourth-order valence-corrected chi connectivity index (χ4v) is 2.28. The van der Waals surface area contributed by atoms with Crippen LogP contribution in [0.5, 0.6) is 0 Å². The molecule has 1 aliphatic heterocycles. The normalized spacial score (nSPS) is 21.4. The van der Waals surface area contributed by atoms with E-state index in [1.54, 1.807) is 0 Å². The minimum atomic E-state index is 0.425. The van der Waals surface area contributed by atoms with Gasteiger partial charge in [-0.2, -0.15) is 0 Å². The highest BCUT2D eigenvalue weighted by atomic mass is 15.1. The number of rotatable bonds is 1.